The Kier molecular flexibility index (Phi) is 5.72. The number of aromatic nitrogens is 3. The predicted octanol–water partition coefficient (Wildman–Crippen LogP) is 4.34. The van der Waals surface area contributed by atoms with Gasteiger partial charge >= 0.3 is 0 Å². The van der Waals surface area contributed by atoms with Gasteiger partial charge in [0.1, 0.15) is 0 Å². The molecule has 0 saturated carbocycles. The van der Waals surface area contributed by atoms with Crippen LogP contribution in [0.25, 0.3) is 11.4 Å². The molecule has 2 heterocycles. The predicted molar refractivity (Wildman–Crippen MR) is 117 cm³/mol. The van der Waals surface area contributed by atoms with Gasteiger partial charge in [-0.25, -0.2) is 0 Å². The van der Waals surface area contributed by atoms with Gasteiger partial charge in [-0.15, -0.1) is 10.2 Å². The normalized spacial score (nSPS) is 14.5. The fourth-order valence-corrected chi connectivity index (χ4v) is 4.80. The summed E-state index contributed by atoms with van der Waals surface area (Å²) in [4.78, 5) is 15.0. The molecule has 0 aliphatic carbocycles. The second-order valence-electron chi connectivity index (χ2n) is 7.46. The standard InChI is InChI=1S/C23H26N4OS/c1-4-27-21(19-11-7-8-16(2)14-19)24-25-23(27)29-17(3)22(28)26-13-12-18-9-5-6-10-20(18)15-26/h5-11,14,17H,4,12-13,15H2,1-3H3. The first-order valence-corrected chi connectivity index (χ1v) is 11.0. The Bertz CT molecular complexity index is 1030. The molecule has 4 rings (SSSR count). The Morgan fingerprint density at radius 2 is 1.93 bits per heavy atom. The highest BCUT2D eigenvalue weighted by molar-refractivity contribution is 8.00. The van der Waals surface area contributed by atoms with Crippen molar-refractivity contribution >= 4 is 17.7 Å². The number of hydrogen-bond donors (Lipinski definition) is 0. The van der Waals surface area contributed by atoms with Crippen molar-refractivity contribution in [2.45, 2.75) is 50.7 Å². The third-order valence-electron chi connectivity index (χ3n) is 5.38. The van der Waals surface area contributed by atoms with Gasteiger partial charge in [0.15, 0.2) is 11.0 Å². The minimum Gasteiger partial charge on any atom is -0.337 e. The molecule has 0 radical (unpaired) electrons. The van der Waals surface area contributed by atoms with E-state index >= 15 is 0 Å². The van der Waals surface area contributed by atoms with E-state index in [1.807, 2.05) is 24.0 Å². The summed E-state index contributed by atoms with van der Waals surface area (Å²) < 4.78 is 2.09. The molecule has 0 N–H and O–H groups in total. The maximum absolute atomic E-state index is 13.1. The zero-order chi connectivity index (χ0) is 20.4. The van der Waals surface area contributed by atoms with Crippen LogP contribution in [0.1, 0.15) is 30.5 Å². The number of rotatable bonds is 5. The summed E-state index contributed by atoms with van der Waals surface area (Å²) in [6, 6.07) is 16.7. The quantitative estimate of drug-likeness (QED) is 0.592. The number of carbonyl (C=O) groups is 1. The van der Waals surface area contributed by atoms with Gasteiger partial charge < -0.3 is 9.47 Å². The van der Waals surface area contributed by atoms with Crippen molar-refractivity contribution in [1.82, 2.24) is 19.7 Å². The third-order valence-corrected chi connectivity index (χ3v) is 6.45. The molecule has 1 aliphatic rings. The molecule has 1 unspecified atom stereocenters. The second kappa shape index (κ2) is 8.41. The highest BCUT2D eigenvalue weighted by Gasteiger charge is 2.27. The average Bonchev–Trinajstić information content (AvgIpc) is 3.15. The van der Waals surface area contributed by atoms with Crippen molar-refractivity contribution in [1.29, 1.82) is 0 Å². The third kappa shape index (κ3) is 4.08. The van der Waals surface area contributed by atoms with Crippen LogP contribution in [0.5, 0.6) is 0 Å². The van der Waals surface area contributed by atoms with Crippen molar-refractivity contribution in [2.24, 2.45) is 0 Å². The lowest BCUT2D eigenvalue weighted by Gasteiger charge is -2.30. The lowest BCUT2D eigenvalue weighted by atomic mass is 10.00. The van der Waals surface area contributed by atoms with Gasteiger partial charge in [-0.2, -0.15) is 0 Å². The number of hydrogen-bond acceptors (Lipinski definition) is 4. The highest BCUT2D eigenvalue weighted by Crippen LogP contribution is 2.29. The summed E-state index contributed by atoms with van der Waals surface area (Å²) >= 11 is 1.50. The van der Waals surface area contributed by atoms with Crippen LogP contribution in [0.2, 0.25) is 0 Å². The van der Waals surface area contributed by atoms with Crippen molar-refractivity contribution in [3.05, 3.63) is 65.2 Å². The van der Waals surface area contributed by atoms with Gasteiger partial charge in [-0.05, 0) is 44.4 Å². The van der Waals surface area contributed by atoms with Crippen LogP contribution in [-0.4, -0.2) is 37.4 Å². The number of carbonyl (C=O) groups excluding carboxylic acids is 1. The number of fused-ring (bicyclic) bond motifs is 1. The van der Waals surface area contributed by atoms with Crippen LogP contribution in [0.3, 0.4) is 0 Å². The molecule has 1 amide bonds. The molecule has 150 valence electrons. The van der Waals surface area contributed by atoms with Crippen LogP contribution in [0.15, 0.2) is 53.7 Å². The largest absolute Gasteiger partial charge is 0.337 e. The van der Waals surface area contributed by atoms with Gasteiger partial charge in [0.2, 0.25) is 5.91 Å². The zero-order valence-corrected chi connectivity index (χ0v) is 17.9. The molecule has 5 nitrogen and oxygen atoms in total. The van der Waals surface area contributed by atoms with E-state index in [0.717, 1.165) is 36.1 Å². The molecule has 29 heavy (non-hydrogen) atoms. The van der Waals surface area contributed by atoms with E-state index in [0.29, 0.717) is 6.54 Å². The van der Waals surface area contributed by atoms with Crippen molar-refractivity contribution in [2.75, 3.05) is 6.54 Å². The summed E-state index contributed by atoms with van der Waals surface area (Å²) in [5.74, 6) is 1.01. The van der Waals surface area contributed by atoms with E-state index in [4.69, 9.17) is 0 Å². The van der Waals surface area contributed by atoms with E-state index in [1.165, 1.54) is 28.5 Å². The monoisotopic (exact) mass is 406 g/mol. The summed E-state index contributed by atoms with van der Waals surface area (Å²) in [5, 5.41) is 9.41. The molecule has 0 bridgehead atoms. The second-order valence-corrected chi connectivity index (χ2v) is 8.77. The molecule has 3 aromatic rings. The van der Waals surface area contributed by atoms with E-state index in [1.54, 1.807) is 0 Å². The van der Waals surface area contributed by atoms with Crippen LogP contribution >= 0.6 is 11.8 Å². The first-order chi connectivity index (χ1) is 14.1. The van der Waals surface area contributed by atoms with Gasteiger partial charge in [-0.1, -0.05) is 59.8 Å². The lowest BCUT2D eigenvalue weighted by molar-refractivity contribution is -0.131. The molecule has 0 fully saturated rings. The fraction of sp³-hybridized carbons (Fsp3) is 0.348. The Labute approximate surface area is 176 Å². The summed E-state index contributed by atoms with van der Waals surface area (Å²) in [6.07, 6.45) is 0.919. The molecule has 0 saturated heterocycles. The van der Waals surface area contributed by atoms with Gasteiger partial charge in [0.25, 0.3) is 0 Å². The number of nitrogens with zero attached hydrogens (tertiary/aromatic N) is 4. The molecule has 1 aromatic heterocycles. The number of thioether (sulfide) groups is 1. The summed E-state index contributed by atoms with van der Waals surface area (Å²) in [6.45, 7) is 8.35. The minimum atomic E-state index is -0.208. The van der Waals surface area contributed by atoms with Crippen LogP contribution < -0.4 is 0 Å². The summed E-state index contributed by atoms with van der Waals surface area (Å²) in [7, 11) is 0. The van der Waals surface area contributed by atoms with Gasteiger partial charge in [0.05, 0.1) is 5.25 Å². The van der Waals surface area contributed by atoms with Gasteiger partial charge in [-0.3, -0.25) is 4.79 Å². The molecular weight excluding hydrogens is 380 g/mol. The van der Waals surface area contributed by atoms with E-state index in [2.05, 4.69) is 65.0 Å². The Morgan fingerprint density at radius 3 is 2.69 bits per heavy atom. The number of aryl methyl sites for hydroxylation is 1. The first-order valence-electron chi connectivity index (χ1n) is 10.1. The average molecular weight is 407 g/mol. The van der Waals surface area contributed by atoms with Crippen LogP contribution in [0, 0.1) is 6.92 Å². The Morgan fingerprint density at radius 1 is 1.14 bits per heavy atom. The molecule has 6 heteroatoms. The van der Waals surface area contributed by atoms with Crippen LogP contribution in [-0.2, 0) is 24.3 Å². The summed E-state index contributed by atoms with van der Waals surface area (Å²) in [5.41, 5.74) is 4.85. The topological polar surface area (TPSA) is 51.0 Å². The SMILES string of the molecule is CCn1c(SC(C)C(=O)N2CCc3ccccc3C2)nnc1-c1cccc(C)c1. The van der Waals surface area contributed by atoms with E-state index in [9.17, 15) is 4.79 Å². The molecule has 2 aromatic carbocycles. The molecule has 0 spiro atoms. The number of amides is 1. The Hall–Kier alpha value is -2.60. The fourth-order valence-electron chi connectivity index (χ4n) is 3.81. The maximum Gasteiger partial charge on any atom is 0.236 e. The Balaban J connectivity index is 1.50. The minimum absolute atomic E-state index is 0.160. The molecular formula is C23H26N4OS. The zero-order valence-electron chi connectivity index (χ0n) is 17.1. The van der Waals surface area contributed by atoms with Crippen molar-refractivity contribution in [3.63, 3.8) is 0 Å². The lowest BCUT2D eigenvalue weighted by Crippen LogP contribution is -2.40. The van der Waals surface area contributed by atoms with Crippen molar-refractivity contribution < 1.29 is 4.79 Å². The van der Waals surface area contributed by atoms with Gasteiger partial charge in [0, 0.05) is 25.2 Å². The maximum atomic E-state index is 13.1. The van der Waals surface area contributed by atoms with E-state index < -0.39 is 0 Å². The number of benzene rings is 2. The first kappa shape index (κ1) is 19.7. The molecule has 1 atom stereocenters. The molecule has 1 aliphatic heterocycles. The van der Waals surface area contributed by atoms with Crippen molar-refractivity contribution in [3.8, 4) is 11.4 Å². The highest BCUT2D eigenvalue weighted by atomic mass is 32.2. The smallest absolute Gasteiger partial charge is 0.236 e. The van der Waals surface area contributed by atoms with E-state index in [-0.39, 0.29) is 11.2 Å². The van der Waals surface area contributed by atoms with Crippen LogP contribution in [0.4, 0.5) is 0 Å².